The first-order chi connectivity index (χ1) is 17.5. The number of benzene rings is 3. The largest absolute Gasteiger partial charge is 0.508 e. The van der Waals surface area contributed by atoms with Crippen molar-refractivity contribution in [2.75, 3.05) is 24.0 Å². The topological polar surface area (TPSA) is 78.3 Å². The molecule has 0 radical (unpaired) electrons. The molecule has 1 aromatic heterocycles. The van der Waals surface area contributed by atoms with Crippen LogP contribution in [0.5, 0.6) is 11.5 Å². The van der Waals surface area contributed by atoms with Gasteiger partial charge in [-0.05, 0) is 72.4 Å². The number of amidine groups is 1. The number of methoxy groups -OCH3 is 1. The van der Waals surface area contributed by atoms with Gasteiger partial charge in [0.15, 0.2) is 5.17 Å². The van der Waals surface area contributed by atoms with E-state index in [1.807, 2.05) is 60.5 Å². The number of rotatable bonds is 3. The molecule has 6 rings (SSSR count). The lowest BCUT2D eigenvalue weighted by atomic mass is 10.2. The maximum absolute atomic E-state index is 13.8. The smallest absolute Gasteiger partial charge is 0.274 e. The normalized spacial score (nSPS) is 18.4. The first kappa shape index (κ1) is 22.5. The molecule has 1 N–H and O–H groups in total. The minimum Gasteiger partial charge on any atom is -0.508 e. The van der Waals surface area contributed by atoms with Crippen LogP contribution in [0.15, 0.2) is 98.8 Å². The molecule has 178 valence electrons. The van der Waals surface area contributed by atoms with Crippen molar-refractivity contribution in [1.29, 1.82) is 0 Å². The highest BCUT2D eigenvalue weighted by molar-refractivity contribution is 8.20. The number of hydrogen-bond donors (Lipinski definition) is 1. The average molecular weight is 513 g/mol. The SMILES string of the molecule is COc1ccc2c(c1)N(C)/C(=C1/SC(=Nc3ccc4ncccc4c3)N(c3ccc(O)cc3)C1=O)S2. The summed E-state index contributed by atoms with van der Waals surface area (Å²) in [5, 5.41) is 12.1. The van der Waals surface area contributed by atoms with Crippen molar-refractivity contribution >= 4 is 62.6 Å². The zero-order valence-electron chi connectivity index (χ0n) is 19.4. The number of aromatic nitrogens is 1. The van der Waals surface area contributed by atoms with Crippen molar-refractivity contribution in [3.63, 3.8) is 0 Å². The Balaban J connectivity index is 1.45. The third-order valence-corrected chi connectivity index (χ3v) is 8.33. The molecule has 0 saturated carbocycles. The molecule has 1 saturated heterocycles. The molecule has 2 aliphatic rings. The van der Waals surface area contributed by atoms with E-state index in [2.05, 4.69) is 4.98 Å². The van der Waals surface area contributed by atoms with Gasteiger partial charge >= 0.3 is 0 Å². The van der Waals surface area contributed by atoms with Crippen LogP contribution in [0.25, 0.3) is 10.9 Å². The summed E-state index contributed by atoms with van der Waals surface area (Å²) in [6, 6.07) is 22.1. The summed E-state index contributed by atoms with van der Waals surface area (Å²) < 4.78 is 5.39. The zero-order valence-corrected chi connectivity index (χ0v) is 21.0. The number of amides is 1. The number of carbonyl (C=O) groups is 1. The van der Waals surface area contributed by atoms with E-state index in [4.69, 9.17) is 9.73 Å². The molecule has 1 amide bonds. The number of aliphatic imine (C=N–C) groups is 1. The molecule has 1 fully saturated rings. The van der Waals surface area contributed by atoms with E-state index in [1.54, 1.807) is 54.2 Å². The third kappa shape index (κ3) is 3.86. The van der Waals surface area contributed by atoms with E-state index in [0.717, 1.165) is 38.0 Å². The Labute approximate surface area is 216 Å². The van der Waals surface area contributed by atoms with Crippen molar-refractivity contribution in [3.05, 3.63) is 88.9 Å². The predicted molar refractivity (Wildman–Crippen MR) is 146 cm³/mol. The van der Waals surface area contributed by atoms with Crippen LogP contribution >= 0.6 is 23.5 Å². The number of fused-ring (bicyclic) bond motifs is 2. The summed E-state index contributed by atoms with van der Waals surface area (Å²) in [6.07, 6.45) is 1.76. The van der Waals surface area contributed by atoms with Crippen molar-refractivity contribution in [3.8, 4) is 11.5 Å². The molecule has 2 aliphatic heterocycles. The van der Waals surface area contributed by atoms with Gasteiger partial charge in [-0.3, -0.25) is 14.7 Å². The van der Waals surface area contributed by atoms with E-state index in [0.29, 0.717) is 15.8 Å². The highest BCUT2D eigenvalue weighted by Crippen LogP contribution is 2.51. The quantitative estimate of drug-likeness (QED) is 0.331. The van der Waals surface area contributed by atoms with Gasteiger partial charge < -0.3 is 14.7 Å². The number of hydrogen-bond acceptors (Lipinski definition) is 8. The van der Waals surface area contributed by atoms with E-state index in [9.17, 15) is 9.90 Å². The Morgan fingerprint density at radius 3 is 2.64 bits per heavy atom. The summed E-state index contributed by atoms with van der Waals surface area (Å²) >= 11 is 2.89. The molecule has 0 bridgehead atoms. The molecule has 3 heterocycles. The molecule has 3 aromatic carbocycles. The summed E-state index contributed by atoms with van der Waals surface area (Å²) in [5.41, 5.74) is 3.22. The zero-order chi connectivity index (χ0) is 24.8. The Morgan fingerprint density at radius 2 is 1.83 bits per heavy atom. The first-order valence-electron chi connectivity index (χ1n) is 11.1. The molecule has 0 aliphatic carbocycles. The van der Waals surface area contributed by atoms with Gasteiger partial charge in [0.05, 0.1) is 34.7 Å². The van der Waals surface area contributed by atoms with Crippen molar-refractivity contribution < 1.29 is 14.6 Å². The monoisotopic (exact) mass is 512 g/mol. The minimum absolute atomic E-state index is 0.132. The Bertz CT molecular complexity index is 1580. The van der Waals surface area contributed by atoms with Crippen LogP contribution in [0.4, 0.5) is 17.1 Å². The highest BCUT2D eigenvalue weighted by Gasteiger charge is 2.40. The highest BCUT2D eigenvalue weighted by atomic mass is 32.2. The molecule has 0 spiro atoms. The second-order valence-corrected chi connectivity index (χ2v) is 10.2. The van der Waals surface area contributed by atoms with Crippen molar-refractivity contribution in [2.45, 2.75) is 4.90 Å². The van der Waals surface area contributed by atoms with E-state index >= 15 is 0 Å². The van der Waals surface area contributed by atoms with Crippen LogP contribution in [0.1, 0.15) is 0 Å². The van der Waals surface area contributed by atoms with Gasteiger partial charge in [-0.2, -0.15) is 0 Å². The number of nitrogens with zero attached hydrogens (tertiary/aromatic N) is 4. The first-order valence-corrected chi connectivity index (χ1v) is 12.7. The molecule has 0 unspecified atom stereocenters. The number of ether oxygens (including phenoxy) is 1. The van der Waals surface area contributed by atoms with E-state index < -0.39 is 0 Å². The molecular weight excluding hydrogens is 492 g/mol. The number of thioether (sulfide) groups is 2. The lowest BCUT2D eigenvalue weighted by Crippen LogP contribution is -2.29. The number of pyridine rings is 1. The van der Waals surface area contributed by atoms with Gasteiger partial charge in [0.2, 0.25) is 0 Å². The number of carbonyl (C=O) groups excluding carboxylic acids is 1. The lowest BCUT2D eigenvalue weighted by molar-refractivity contribution is -0.113. The number of anilines is 2. The van der Waals surface area contributed by atoms with Gasteiger partial charge in [-0.15, -0.1) is 0 Å². The van der Waals surface area contributed by atoms with E-state index in [1.165, 1.54) is 11.8 Å². The van der Waals surface area contributed by atoms with Gasteiger partial charge in [0.1, 0.15) is 16.4 Å². The van der Waals surface area contributed by atoms with Crippen LogP contribution in [0.3, 0.4) is 0 Å². The maximum Gasteiger partial charge on any atom is 0.274 e. The fraction of sp³-hybridized carbons (Fsp3) is 0.0741. The van der Waals surface area contributed by atoms with Crippen LogP contribution in [0.2, 0.25) is 0 Å². The molecule has 36 heavy (non-hydrogen) atoms. The molecule has 0 atom stereocenters. The summed E-state index contributed by atoms with van der Waals surface area (Å²) in [6.45, 7) is 0. The Kier molecular flexibility index (Phi) is 5.58. The summed E-state index contributed by atoms with van der Waals surface area (Å²) in [5.74, 6) is 0.727. The van der Waals surface area contributed by atoms with Gasteiger partial charge in [0.25, 0.3) is 5.91 Å². The fourth-order valence-corrected chi connectivity index (χ4v) is 6.43. The van der Waals surface area contributed by atoms with E-state index in [-0.39, 0.29) is 11.7 Å². The molecule has 7 nitrogen and oxygen atoms in total. The predicted octanol–water partition coefficient (Wildman–Crippen LogP) is 6.13. The standard InChI is InChI=1S/C27H20N4O3S2/c1-30-22-15-20(34-2)10-12-23(22)35-26(30)24-25(33)31(18-6-8-19(32)9-7-18)27(36-24)29-17-5-11-21-16(14-17)4-3-13-28-21/h3-15,32H,1-2H3/b26-24-,29-27?. The van der Waals surface area contributed by atoms with Crippen LogP contribution in [0, 0.1) is 0 Å². The second-order valence-electron chi connectivity index (χ2n) is 8.16. The Morgan fingerprint density at radius 1 is 1.00 bits per heavy atom. The maximum atomic E-state index is 13.8. The fourth-order valence-electron chi connectivity index (χ4n) is 4.10. The number of phenolic OH excluding ortho intramolecular Hbond substituents is 1. The second kappa shape index (κ2) is 8.92. The molecule has 9 heteroatoms. The number of phenols is 1. The lowest BCUT2D eigenvalue weighted by Gasteiger charge is -2.17. The molecule has 4 aromatic rings. The average Bonchev–Trinajstić information content (AvgIpc) is 3.40. The Hall–Kier alpha value is -3.95. The summed E-state index contributed by atoms with van der Waals surface area (Å²) in [7, 11) is 3.59. The summed E-state index contributed by atoms with van der Waals surface area (Å²) in [4.78, 5) is 28.3. The number of aromatic hydroxyl groups is 1. The van der Waals surface area contributed by atoms with Crippen LogP contribution in [-0.2, 0) is 4.79 Å². The van der Waals surface area contributed by atoms with Crippen LogP contribution < -0.4 is 14.5 Å². The third-order valence-electron chi connectivity index (χ3n) is 5.93. The van der Waals surface area contributed by atoms with Crippen molar-refractivity contribution in [1.82, 2.24) is 4.98 Å². The minimum atomic E-state index is -0.166. The van der Waals surface area contributed by atoms with Gasteiger partial charge in [-0.1, -0.05) is 17.8 Å². The van der Waals surface area contributed by atoms with Crippen molar-refractivity contribution in [2.24, 2.45) is 4.99 Å². The van der Waals surface area contributed by atoms with Crippen LogP contribution in [-0.4, -0.2) is 35.3 Å². The van der Waals surface area contributed by atoms with Gasteiger partial charge in [0, 0.05) is 29.6 Å². The molecular formula is C27H20N4O3S2. The van der Waals surface area contributed by atoms with Gasteiger partial charge in [-0.25, -0.2) is 4.99 Å².